The number of carbonyl (C=O) groups is 1. The van der Waals surface area contributed by atoms with Crippen molar-refractivity contribution in [3.8, 4) is 5.75 Å². The summed E-state index contributed by atoms with van der Waals surface area (Å²) in [6, 6.07) is 12.7. The lowest BCUT2D eigenvalue weighted by molar-refractivity contribution is 0.0950. The van der Waals surface area contributed by atoms with Crippen LogP contribution >= 0.6 is 27.5 Å². The van der Waals surface area contributed by atoms with Crippen LogP contribution in [0.5, 0.6) is 5.75 Å². The normalized spacial score (nSPS) is 10.2. The zero-order valence-corrected chi connectivity index (χ0v) is 13.2. The number of rotatable bonds is 4. The van der Waals surface area contributed by atoms with Crippen molar-refractivity contribution in [1.29, 1.82) is 0 Å². The highest BCUT2D eigenvalue weighted by Gasteiger charge is 2.09. The summed E-state index contributed by atoms with van der Waals surface area (Å²) in [6.07, 6.45) is 0. The first-order valence-electron chi connectivity index (χ1n) is 5.97. The van der Waals surface area contributed by atoms with Gasteiger partial charge in [0, 0.05) is 22.1 Å². The molecule has 0 bridgehead atoms. The van der Waals surface area contributed by atoms with Crippen LogP contribution in [-0.4, -0.2) is 13.0 Å². The van der Waals surface area contributed by atoms with Gasteiger partial charge in [-0.2, -0.15) is 0 Å². The van der Waals surface area contributed by atoms with Gasteiger partial charge >= 0.3 is 0 Å². The van der Waals surface area contributed by atoms with Gasteiger partial charge in [-0.05, 0) is 40.2 Å². The van der Waals surface area contributed by atoms with E-state index in [1.165, 1.54) is 0 Å². The lowest BCUT2D eigenvalue weighted by Gasteiger charge is -2.10. The summed E-state index contributed by atoms with van der Waals surface area (Å²) in [5, 5.41) is 3.35. The molecule has 1 N–H and O–H groups in total. The molecular formula is C15H13BrClNO2. The Labute approximate surface area is 131 Å². The van der Waals surface area contributed by atoms with Crippen LogP contribution in [0.25, 0.3) is 0 Å². The Morgan fingerprint density at radius 1 is 1.30 bits per heavy atom. The fourth-order valence-corrected chi connectivity index (χ4v) is 2.19. The maximum absolute atomic E-state index is 12.1. The monoisotopic (exact) mass is 353 g/mol. The zero-order valence-electron chi connectivity index (χ0n) is 10.8. The third-order valence-electron chi connectivity index (χ3n) is 2.81. The highest BCUT2D eigenvalue weighted by atomic mass is 79.9. The fraction of sp³-hybridized carbons (Fsp3) is 0.133. The smallest absolute Gasteiger partial charge is 0.251 e. The van der Waals surface area contributed by atoms with Gasteiger partial charge in [-0.1, -0.05) is 29.8 Å². The van der Waals surface area contributed by atoms with Gasteiger partial charge in [0.05, 0.1) is 12.1 Å². The number of amides is 1. The second kappa shape index (κ2) is 6.77. The van der Waals surface area contributed by atoms with Crippen molar-refractivity contribution in [2.45, 2.75) is 6.54 Å². The molecule has 20 heavy (non-hydrogen) atoms. The first kappa shape index (κ1) is 14.9. The molecule has 0 atom stereocenters. The van der Waals surface area contributed by atoms with E-state index < -0.39 is 0 Å². The van der Waals surface area contributed by atoms with E-state index in [0.29, 0.717) is 17.1 Å². The standard InChI is InChI=1S/C15H13BrClNO2/c1-20-14-5-3-2-4-11(14)9-18-15(19)10-6-7-12(16)13(17)8-10/h2-8H,9H2,1H3,(H,18,19). The Morgan fingerprint density at radius 3 is 2.75 bits per heavy atom. The predicted octanol–water partition coefficient (Wildman–Crippen LogP) is 4.04. The molecular weight excluding hydrogens is 342 g/mol. The molecule has 5 heteroatoms. The van der Waals surface area contributed by atoms with Crippen molar-refractivity contribution in [2.24, 2.45) is 0 Å². The minimum atomic E-state index is -0.176. The molecule has 0 unspecified atom stereocenters. The van der Waals surface area contributed by atoms with Gasteiger partial charge in [0.1, 0.15) is 5.75 Å². The van der Waals surface area contributed by atoms with Crippen LogP contribution in [0.2, 0.25) is 5.02 Å². The van der Waals surface area contributed by atoms with Crippen LogP contribution in [0, 0.1) is 0 Å². The molecule has 0 saturated heterocycles. The third kappa shape index (κ3) is 3.52. The summed E-state index contributed by atoms with van der Waals surface area (Å²) in [5.41, 5.74) is 1.44. The largest absolute Gasteiger partial charge is 0.496 e. The molecule has 0 aromatic heterocycles. The fourth-order valence-electron chi connectivity index (χ4n) is 1.76. The van der Waals surface area contributed by atoms with E-state index >= 15 is 0 Å². The highest BCUT2D eigenvalue weighted by Crippen LogP contribution is 2.23. The Balaban J connectivity index is 2.06. The molecule has 0 aliphatic heterocycles. The lowest BCUT2D eigenvalue weighted by atomic mass is 10.2. The highest BCUT2D eigenvalue weighted by molar-refractivity contribution is 9.10. The Morgan fingerprint density at radius 2 is 2.05 bits per heavy atom. The third-order valence-corrected chi connectivity index (χ3v) is 4.05. The average molecular weight is 355 g/mol. The summed E-state index contributed by atoms with van der Waals surface area (Å²) in [5.74, 6) is 0.576. The number of para-hydroxylation sites is 1. The number of halogens is 2. The van der Waals surface area contributed by atoms with Crippen LogP contribution in [0.3, 0.4) is 0 Å². The number of methoxy groups -OCH3 is 1. The maximum Gasteiger partial charge on any atom is 0.251 e. The summed E-state index contributed by atoms with van der Waals surface area (Å²) in [6.45, 7) is 0.399. The van der Waals surface area contributed by atoms with Gasteiger partial charge in [0.2, 0.25) is 0 Å². The number of carbonyl (C=O) groups excluding carboxylic acids is 1. The van der Waals surface area contributed by atoms with E-state index in [1.807, 2.05) is 24.3 Å². The predicted molar refractivity (Wildman–Crippen MR) is 83.3 cm³/mol. The van der Waals surface area contributed by atoms with Crippen LogP contribution in [-0.2, 0) is 6.54 Å². The van der Waals surface area contributed by atoms with E-state index in [4.69, 9.17) is 16.3 Å². The first-order chi connectivity index (χ1) is 9.61. The number of hydrogen-bond acceptors (Lipinski definition) is 2. The van der Waals surface area contributed by atoms with Gasteiger partial charge in [-0.3, -0.25) is 4.79 Å². The quantitative estimate of drug-likeness (QED) is 0.900. The minimum Gasteiger partial charge on any atom is -0.496 e. The zero-order chi connectivity index (χ0) is 14.5. The SMILES string of the molecule is COc1ccccc1CNC(=O)c1ccc(Br)c(Cl)c1. The number of benzene rings is 2. The minimum absolute atomic E-state index is 0.176. The molecule has 0 heterocycles. The summed E-state index contributed by atoms with van der Waals surface area (Å²) < 4.78 is 6.00. The molecule has 0 radical (unpaired) electrons. The van der Waals surface area contributed by atoms with Crippen molar-refractivity contribution in [3.05, 3.63) is 63.1 Å². The Hall–Kier alpha value is -1.52. The van der Waals surface area contributed by atoms with Gasteiger partial charge < -0.3 is 10.1 Å². The van der Waals surface area contributed by atoms with E-state index in [1.54, 1.807) is 25.3 Å². The topological polar surface area (TPSA) is 38.3 Å². The average Bonchev–Trinajstić information content (AvgIpc) is 2.47. The number of hydrogen-bond donors (Lipinski definition) is 1. The number of ether oxygens (including phenoxy) is 1. The van der Waals surface area contributed by atoms with E-state index in [9.17, 15) is 4.79 Å². The molecule has 0 aliphatic carbocycles. The van der Waals surface area contributed by atoms with E-state index in [2.05, 4.69) is 21.2 Å². The second-order valence-electron chi connectivity index (χ2n) is 4.12. The van der Waals surface area contributed by atoms with Crippen molar-refractivity contribution < 1.29 is 9.53 Å². The molecule has 0 saturated carbocycles. The van der Waals surface area contributed by atoms with Gasteiger partial charge in [-0.15, -0.1) is 0 Å². The van der Waals surface area contributed by atoms with Gasteiger partial charge in [0.25, 0.3) is 5.91 Å². The molecule has 2 aromatic carbocycles. The van der Waals surface area contributed by atoms with Crippen molar-refractivity contribution >= 4 is 33.4 Å². The summed E-state index contributed by atoms with van der Waals surface area (Å²) in [4.78, 5) is 12.1. The summed E-state index contributed by atoms with van der Waals surface area (Å²) >= 11 is 9.27. The van der Waals surface area contributed by atoms with Crippen molar-refractivity contribution in [2.75, 3.05) is 7.11 Å². The molecule has 2 aromatic rings. The molecule has 3 nitrogen and oxygen atoms in total. The Bertz CT molecular complexity index is 631. The molecule has 1 amide bonds. The van der Waals surface area contributed by atoms with Crippen LogP contribution in [0.15, 0.2) is 46.9 Å². The van der Waals surface area contributed by atoms with Gasteiger partial charge in [-0.25, -0.2) is 0 Å². The molecule has 104 valence electrons. The second-order valence-corrected chi connectivity index (χ2v) is 5.38. The van der Waals surface area contributed by atoms with Gasteiger partial charge in [0.15, 0.2) is 0 Å². The summed E-state index contributed by atoms with van der Waals surface area (Å²) in [7, 11) is 1.61. The number of nitrogens with one attached hydrogen (secondary N) is 1. The molecule has 0 spiro atoms. The van der Waals surface area contributed by atoms with Crippen molar-refractivity contribution in [1.82, 2.24) is 5.32 Å². The van der Waals surface area contributed by atoms with E-state index in [-0.39, 0.29) is 5.91 Å². The molecule has 0 aliphatic rings. The molecule has 0 fully saturated rings. The van der Waals surface area contributed by atoms with Crippen LogP contribution in [0.1, 0.15) is 15.9 Å². The van der Waals surface area contributed by atoms with Crippen LogP contribution in [0.4, 0.5) is 0 Å². The lowest BCUT2D eigenvalue weighted by Crippen LogP contribution is -2.23. The van der Waals surface area contributed by atoms with E-state index in [0.717, 1.165) is 15.8 Å². The van der Waals surface area contributed by atoms with Crippen molar-refractivity contribution in [3.63, 3.8) is 0 Å². The maximum atomic E-state index is 12.1. The Kier molecular flexibility index (Phi) is 5.04. The first-order valence-corrected chi connectivity index (χ1v) is 7.14. The van der Waals surface area contributed by atoms with Crippen LogP contribution < -0.4 is 10.1 Å². The molecule has 2 rings (SSSR count).